The van der Waals surface area contributed by atoms with Gasteiger partial charge in [0, 0.05) is 9.26 Å². The Morgan fingerprint density at radius 3 is 2.27 bits per heavy atom. The third kappa shape index (κ3) is 4.84. The van der Waals surface area contributed by atoms with E-state index in [2.05, 4.69) is 34.8 Å². The fourth-order valence-electron chi connectivity index (χ4n) is 1.82. The SMILES string of the molecule is CCc1ccc(NC(=O)COC(=O)c2ccc(I)cc2)cc1. The molecular weight excluding hydrogens is 393 g/mol. The molecule has 0 spiro atoms. The van der Waals surface area contributed by atoms with E-state index in [4.69, 9.17) is 4.74 Å². The molecule has 0 aliphatic carbocycles. The van der Waals surface area contributed by atoms with Crippen LogP contribution < -0.4 is 5.32 Å². The van der Waals surface area contributed by atoms with Crippen molar-refractivity contribution < 1.29 is 14.3 Å². The van der Waals surface area contributed by atoms with Crippen LogP contribution >= 0.6 is 22.6 Å². The third-order valence-corrected chi connectivity index (χ3v) is 3.78. The summed E-state index contributed by atoms with van der Waals surface area (Å²) in [4.78, 5) is 23.6. The largest absolute Gasteiger partial charge is 0.452 e. The van der Waals surface area contributed by atoms with Crippen LogP contribution in [0.4, 0.5) is 5.69 Å². The van der Waals surface area contributed by atoms with Crippen LogP contribution in [0.25, 0.3) is 0 Å². The predicted octanol–water partition coefficient (Wildman–Crippen LogP) is 3.65. The van der Waals surface area contributed by atoms with Crippen molar-refractivity contribution in [1.82, 2.24) is 0 Å². The van der Waals surface area contributed by atoms with Gasteiger partial charge in [-0.05, 0) is 71.0 Å². The van der Waals surface area contributed by atoms with Crippen LogP contribution in [0.5, 0.6) is 0 Å². The number of benzene rings is 2. The van der Waals surface area contributed by atoms with Crippen LogP contribution in [0.3, 0.4) is 0 Å². The van der Waals surface area contributed by atoms with Crippen molar-refractivity contribution in [2.75, 3.05) is 11.9 Å². The summed E-state index contributed by atoms with van der Waals surface area (Å²) in [7, 11) is 0. The maximum absolute atomic E-state index is 11.8. The van der Waals surface area contributed by atoms with Gasteiger partial charge in [-0.2, -0.15) is 0 Å². The zero-order valence-corrected chi connectivity index (χ0v) is 14.3. The minimum Gasteiger partial charge on any atom is -0.452 e. The van der Waals surface area contributed by atoms with Crippen molar-refractivity contribution in [3.63, 3.8) is 0 Å². The van der Waals surface area contributed by atoms with Gasteiger partial charge in [0.05, 0.1) is 5.56 Å². The fraction of sp³-hybridized carbons (Fsp3) is 0.176. The molecule has 0 fully saturated rings. The lowest BCUT2D eigenvalue weighted by molar-refractivity contribution is -0.119. The molecule has 1 amide bonds. The normalized spacial score (nSPS) is 10.1. The number of nitrogens with one attached hydrogen (secondary N) is 1. The summed E-state index contributed by atoms with van der Waals surface area (Å²) < 4.78 is 6.02. The van der Waals surface area contributed by atoms with Gasteiger partial charge in [0.1, 0.15) is 0 Å². The number of anilines is 1. The average molecular weight is 409 g/mol. The van der Waals surface area contributed by atoms with Gasteiger partial charge in [0.2, 0.25) is 0 Å². The Bertz CT molecular complexity index is 651. The Hall–Kier alpha value is -1.89. The number of ether oxygens (including phenoxy) is 1. The van der Waals surface area contributed by atoms with Crippen LogP contribution in [0.2, 0.25) is 0 Å². The lowest BCUT2D eigenvalue weighted by Crippen LogP contribution is -2.20. The molecule has 1 N–H and O–H groups in total. The van der Waals surface area contributed by atoms with E-state index in [1.54, 1.807) is 12.1 Å². The lowest BCUT2D eigenvalue weighted by atomic mass is 10.1. The molecular formula is C17H16INO3. The molecule has 4 nitrogen and oxygen atoms in total. The first-order valence-electron chi connectivity index (χ1n) is 6.90. The van der Waals surface area contributed by atoms with Crippen molar-refractivity contribution in [1.29, 1.82) is 0 Å². The summed E-state index contributed by atoms with van der Waals surface area (Å²) in [5, 5.41) is 2.69. The molecule has 0 bridgehead atoms. The Morgan fingerprint density at radius 2 is 1.68 bits per heavy atom. The first kappa shape index (κ1) is 16.5. The Labute approximate surface area is 143 Å². The molecule has 2 aromatic rings. The predicted molar refractivity (Wildman–Crippen MR) is 93.9 cm³/mol. The van der Waals surface area contributed by atoms with Gasteiger partial charge in [-0.3, -0.25) is 4.79 Å². The molecule has 22 heavy (non-hydrogen) atoms. The highest BCUT2D eigenvalue weighted by atomic mass is 127. The first-order valence-corrected chi connectivity index (χ1v) is 7.98. The van der Waals surface area contributed by atoms with E-state index >= 15 is 0 Å². The Balaban J connectivity index is 1.84. The van der Waals surface area contributed by atoms with E-state index in [-0.39, 0.29) is 12.5 Å². The highest BCUT2D eigenvalue weighted by molar-refractivity contribution is 14.1. The minimum absolute atomic E-state index is 0.305. The second-order valence-corrected chi connectivity index (χ2v) is 5.93. The molecule has 0 saturated heterocycles. The highest BCUT2D eigenvalue weighted by Crippen LogP contribution is 2.10. The van der Waals surface area contributed by atoms with Crippen LogP contribution in [0.1, 0.15) is 22.8 Å². The molecule has 0 heterocycles. The van der Waals surface area contributed by atoms with Gasteiger partial charge >= 0.3 is 5.97 Å². The number of esters is 1. The van der Waals surface area contributed by atoms with Crippen LogP contribution in [0, 0.1) is 3.57 Å². The number of amides is 1. The average Bonchev–Trinajstić information content (AvgIpc) is 2.54. The lowest BCUT2D eigenvalue weighted by Gasteiger charge is -2.07. The first-order chi connectivity index (χ1) is 10.6. The quantitative estimate of drug-likeness (QED) is 0.606. The highest BCUT2D eigenvalue weighted by Gasteiger charge is 2.10. The van der Waals surface area contributed by atoms with E-state index in [0.29, 0.717) is 11.3 Å². The van der Waals surface area contributed by atoms with E-state index in [1.807, 2.05) is 36.4 Å². The van der Waals surface area contributed by atoms with Gasteiger partial charge in [-0.15, -0.1) is 0 Å². The number of carbonyl (C=O) groups is 2. The maximum atomic E-state index is 11.8. The van der Waals surface area contributed by atoms with Gasteiger partial charge < -0.3 is 10.1 Å². The van der Waals surface area contributed by atoms with Gasteiger partial charge in [0.15, 0.2) is 6.61 Å². The molecule has 0 aliphatic heterocycles. The summed E-state index contributed by atoms with van der Waals surface area (Å²) in [5.74, 6) is -0.865. The molecule has 0 aromatic heterocycles. The second-order valence-electron chi connectivity index (χ2n) is 4.68. The second kappa shape index (κ2) is 7.93. The summed E-state index contributed by atoms with van der Waals surface area (Å²) in [6.45, 7) is 1.76. The number of halogens is 1. The fourth-order valence-corrected chi connectivity index (χ4v) is 2.18. The Kier molecular flexibility index (Phi) is 5.94. The zero-order chi connectivity index (χ0) is 15.9. The summed E-state index contributed by atoms with van der Waals surface area (Å²) >= 11 is 2.15. The van der Waals surface area contributed by atoms with Crippen LogP contribution in [-0.2, 0) is 16.0 Å². The molecule has 2 rings (SSSR count). The van der Waals surface area contributed by atoms with Crippen molar-refractivity contribution in [3.05, 3.63) is 63.2 Å². The molecule has 114 valence electrons. The van der Waals surface area contributed by atoms with E-state index in [1.165, 1.54) is 5.56 Å². The smallest absolute Gasteiger partial charge is 0.338 e. The maximum Gasteiger partial charge on any atom is 0.338 e. The molecule has 5 heteroatoms. The Morgan fingerprint density at radius 1 is 1.05 bits per heavy atom. The van der Waals surface area contributed by atoms with Gasteiger partial charge in [-0.1, -0.05) is 19.1 Å². The number of rotatable bonds is 5. The summed E-state index contributed by atoms with van der Waals surface area (Å²) in [6.07, 6.45) is 0.946. The monoisotopic (exact) mass is 409 g/mol. The molecule has 0 atom stereocenters. The van der Waals surface area contributed by atoms with E-state index in [9.17, 15) is 9.59 Å². The molecule has 0 saturated carbocycles. The van der Waals surface area contributed by atoms with Crippen molar-refractivity contribution in [3.8, 4) is 0 Å². The zero-order valence-electron chi connectivity index (χ0n) is 12.1. The summed E-state index contributed by atoms with van der Waals surface area (Å²) in [6, 6.07) is 14.5. The van der Waals surface area contributed by atoms with E-state index in [0.717, 1.165) is 9.99 Å². The van der Waals surface area contributed by atoms with Crippen molar-refractivity contribution >= 4 is 40.2 Å². The number of carbonyl (C=O) groups excluding carboxylic acids is 2. The van der Waals surface area contributed by atoms with Gasteiger partial charge in [0.25, 0.3) is 5.91 Å². The van der Waals surface area contributed by atoms with Crippen molar-refractivity contribution in [2.45, 2.75) is 13.3 Å². The number of aryl methyl sites for hydroxylation is 1. The molecule has 0 radical (unpaired) electrons. The van der Waals surface area contributed by atoms with Crippen LogP contribution in [0.15, 0.2) is 48.5 Å². The van der Waals surface area contributed by atoms with Crippen molar-refractivity contribution in [2.24, 2.45) is 0 Å². The third-order valence-electron chi connectivity index (χ3n) is 3.06. The van der Waals surface area contributed by atoms with Crippen LogP contribution in [-0.4, -0.2) is 18.5 Å². The molecule has 0 aliphatic rings. The molecule has 2 aromatic carbocycles. The number of hydrogen-bond acceptors (Lipinski definition) is 3. The summed E-state index contributed by atoms with van der Waals surface area (Å²) in [5.41, 5.74) is 2.32. The standard InChI is InChI=1S/C17H16INO3/c1-2-12-3-9-15(10-4-12)19-16(20)11-22-17(21)13-5-7-14(18)8-6-13/h3-10H,2,11H2,1H3,(H,19,20). The number of hydrogen-bond donors (Lipinski definition) is 1. The molecule has 0 unspecified atom stereocenters. The minimum atomic E-state index is -0.507. The topological polar surface area (TPSA) is 55.4 Å². The van der Waals surface area contributed by atoms with E-state index < -0.39 is 5.97 Å². The van der Waals surface area contributed by atoms with Gasteiger partial charge in [-0.25, -0.2) is 4.79 Å².